The molecule has 0 bridgehead atoms. The van der Waals surface area contributed by atoms with Crippen molar-refractivity contribution >= 4 is 46.6 Å². The summed E-state index contributed by atoms with van der Waals surface area (Å²) < 4.78 is 0.703. The van der Waals surface area contributed by atoms with Gasteiger partial charge in [-0.1, -0.05) is 42.4 Å². The van der Waals surface area contributed by atoms with Gasteiger partial charge >= 0.3 is 5.97 Å². The van der Waals surface area contributed by atoms with Crippen LogP contribution in [-0.2, 0) is 9.59 Å². The molecule has 6 nitrogen and oxygen atoms in total. The van der Waals surface area contributed by atoms with E-state index in [1.165, 1.54) is 28.0 Å². The smallest absolute Gasteiger partial charge is 0.353 e. The van der Waals surface area contributed by atoms with Crippen LogP contribution >= 0.6 is 34.7 Å². The van der Waals surface area contributed by atoms with Crippen molar-refractivity contribution < 1.29 is 19.8 Å². The topological polar surface area (TPSA) is 90.7 Å². The first-order valence-electron chi connectivity index (χ1n) is 8.67. The molecular weight excluding hydrogens is 420 g/mol. The summed E-state index contributed by atoms with van der Waals surface area (Å²) in [4.78, 5) is 30.8. The average Bonchev–Trinajstić information content (AvgIpc) is 3.18. The lowest BCUT2D eigenvalue weighted by Crippen LogP contribution is -2.63. The Balaban J connectivity index is 1.63. The minimum absolute atomic E-state index is 0.00708. The second-order valence-corrected chi connectivity index (χ2v) is 9.46. The molecule has 0 aliphatic carbocycles. The Morgan fingerprint density at radius 1 is 1.36 bits per heavy atom. The first-order chi connectivity index (χ1) is 13.3. The van der Waals surface area contributed by atoms with Crippen LogP contribution in [-0.4, -0.2) is 44.1 Å². The van der Waals surface area contributed by atoms with E-state index < -0.39 is 18.0 Å². The summed E-state index contributed by atoms with van der Waals surface area (Å²) in [5, 5.41) is 22.2. The largest absolute Gasteiger partial charge is 0.477 e. The van der Waals surface area contributed by atoms with Gasteiger partial charge < -0.3 is 15.1 Å². The van der Waals surface area contributed by atoms with Gasteiger partial charge in [0, 0.05) is 26.8 Å². The van der Waals surface area contributed by atoms with E-state index in [1.54, 1.807) is 19.1 Å². The van der Waals surface area contributed by atoms with E-state index in [1.807, 2.05) is 24.4 Å². The van der Waals surface area contributed by atoms with Gasteiger partial charge in [-0.15, -0.1) is 11.3 Å². The van der Waals surface area contributed by atoms with Crippen LogP contribution in [0.2, 0.25) is 5.02 Å². The molecule has 4 rings (SSSR count). The van der Waals surface area contributed by atoms with Crippen LogP contribution in [0.5, 0.6) is 0 Å². The number of rotatable bonds is 5. The fourth-order valence-corrected chi connectivity index (χ4v) is 6.03. The summed E-state index contributed by atoms with van der Waals surface area (Å²) in [6, 6.07) is 7.02. The maximum Gasteiger partial charge on any atom is 0.353 e. The number of β-lactam (4-membered cyclic amide) rings is 1. The van der Waals surface area contributed by atoms with Gasteiger partial charge in [0.2, 0.25) is 5.91 Å². The average molecular weight is 437 g/mol. The summed E-state index contributed by atoms with van der Waals surface area (Å²) in [5.41, 5.74) is 1.72. The number of carboxylic acid groups (broad SMARTS) is 1. The van der Waals surface area contributed by atoms with E-state index in [9.17, 15) is 19.8 Å². The molecule has 2 aliphatic rings. The number of thiazole rings is 1. The molecule has 0 saturated carbocycles. The van der Waals surface area contributed by atoms with E-state index >= 15 is 0 Å². The lowest BCUT2D eigenvalue weighted by atomic mass is 9.79. The number of carbonyl (C=O) groups is 2. The number of nitrogens with zero attached hydrogens (tertiary/aromatic N) is 2. The van der Waals surface area contributed by atoms with Gasteiger partial charge in [-0.3, -0.25) is 4.79 Å². The molecular formula is C19H17ClN2O4S2. The highest BCUT2D eigenvalue weighted by molar-refractivity contribution is 8.04. The van der Waals surface area contributed by atoms with Crippen molar-refractivity contribution in [2.75, 3.05) is 0 Å². The summed E-state index contributed by atoms with van der Waals surface area (Å²) in [6.07, 6.45) is -0.813. The Labute approximate surface area is 174 Å². The number of amides is 1. The van der Waals surface area contributed by atoms with Crippen LogP contribution in [0.25, 0.3) is 11.3 Å². The predicted molar refractivity (Wildman–Crippen MR) is 108 cm³/mol. The summed E-state index contributed by atoms with van der Waals surface area (Å²) in [5.74, 6) is -2.22. The van der Waals surface area contributed by atoms with Crippen molar-refractivity contribution in [1.29, 1.82) is 0 Å². The summed E-state index contributed by atoms with van der Waals surface area (Å²) in [7, 11) is 0. The number of hydrogen-bond acceptors (Lipinski definition) is 6. The van der Waals surface area contributed by atoms with Crippen LogP contribution in [0, 0.1) is 11.8 Å². The third-order valence-electron chi connectivity index (χ3n) is 5.13. The van der Waals surface area contributed by atoms with E-state index in [0.29, 0.717) is 14.3 Å². The Hall–Kier alpha value is -1.87. The number of aromatic nitrogens is 1. The molecule has 2 aromatic rings. The number of aliphatic hydroxyl groups excluding tert-OH is 1. The Morgan fingerprint density at radius 2 is 2.04 bits per heavy atom. The number of halogens is 1. The maximum atomic E-state index is 12.4. The number of aliphatic carboxylic acids is 1. The Morgan fingerprint density at radius 3 is 2.64 bits per heavy atom. The minimum Gasteiger partial charge on any atom is -0.477 e. The molecule has 1 aromatic heterocycles. The molecule has 1 aromatic carbocycles. The van der Waals surface area contributed by atoms with E-state index in [-0.39, 0.29) is 23.6 Å². The molecule has 1 amide bonds. The van der Waals surface area contributed by atoms with Crippen molar-refractivity contribution in [3.8, 4) is 11.3 Å². The van der Waals surface area contributed by atoms with Crippen molar-refractivity contribution in [3.05, 3.63) is 45.3 Å². The van der Waals surface area contributed by atoms with Crippen molar-refractivity contribution in [2.45, 2.75) is 30.3 Å². The van der Waals surface area contributed by atoms with Crippen molar-refractivity contribution in [2.24, 2.45) is 11.8 Å². The Bertz CT molecular complexity index is 986. The summed E-state index contributed by atoms with van der Waals surface area (Å²) in [6.45, 7) is 3.46. The zero-order valence-electron chi connectivity index (χ0n) is 15.0. The molecule has 0 spiro atoms. The molecule has 2 N–H and O–H groups in total. The number of carbonyl (C=O) groups excluding carboxylic acids is 1. The van der Waals surface area contributed by atoms with Gasteiger partial charge in [0.15, 0.2) is 4.34 Å². The zero-order valence-corrected chi connectivity index (χ0v) is 17.4. The second-order valence-electron chi connectivity index (χ2n) is 6.88. The molecule has 4 atom stereocenters. The van der Waals surface area contributed by atoms with Crippen LogP contribution in [0.4, 0.5) is 0 Å². The predicted octanol–water partition coefficient (Wildman–Crippen LogP) is 3.71. The van der Waals surface area contributed by atoms with Gasteiger partial charge in [0.1, 0.15) is 5.70 Å². The van der Waals surface area contributed by atoms with E-state index in [0.717, 1.165) is 11.3 Å². The van der Waals surface area contributed by atoms with E-state index in [4.69, 9.17) is 11.6 Å². The van der Waals surface area contributed by atoms with Crippen molar-refractivity contribution in [3.63, 3.8) is 0 Å². The van der Waals surface area contributed by atoms with Gasteiger partial charge in [-0.25, -0.2) is 9.78 Å². The number of hydrogen-bond donors (Lipinski definition) is 2. The number of fused-ring (bicyclic) bond motifs is 1. The first-order valence-corrected chi connectivity index (χ1v) is 10.7. The highest BCUT2D eigenvalue weighted by Crippen LogP contribution is 2.52. The van der Waals surface area contributed by atoms with Crippen LogP contribution in [0.1, 0.15) is 13.8 Å². The molecule has 1 saturated heterocycles. The van der Waals surface area contributed by atoms with Crippen LogP contribution in [0.3, 0.4) is 0 Å². The quantitative estimate of drug-likeness (QED) is 0.694. The Kier molecular flexibility index (Phi) is 4.99. The maximum absolute atomic E-state index is 12.4. The molecule has 3 heterocycles. The summed E-state index contributed by atoms with van der Waals surface area (Å²) >= 11 is 8.63. The third kappa shape index (κ3) is 3.04. The molecule has 1 fully saturated rings. The zero-order chi connectivity index (χ0) is 20.2. The highest BCUT2D eigenvalue weighted by Gasteiger charge is 2.60. The highest BCUT2D eigenvalue weighted by atomic mass is 35.5. The normalized spacial score (nSPS) is 24.9. The van der Waals surface area contributed by atoms with Gasteiger partial charge in [0.25, 0.3) is 0 Å². The first kappa shape index (κ1) is 19.4. The lowest BCUT2D eigenvalue weighted by molar-refractivity contribution is -0.163. The molecule has 2 aliphatic heterocycles. The molecule has 146 valence electrons. The lowest BCUT2D eigenvalue weighted by Gasteiger charge is -2.46. The van der Waals surface area contributed by atoms with Gasteiger partial charge in [-0.2, -0.15) is 0 Å². The van der Waals surface area contributed by atoms with Crippen LogP contribution < -0.4 is 0 Å². The fourth-order valence-electron chi connectivity index (χ4n) is 3.81. The van der Waals surface area contributed by atoms with Gasteiger partial charge in [0.05, 0.1) is 23.8 Å². The number of aliphatic hydroxyl groups is 1. The number of benzene rings is 1. The third-order valence-corrected chi connectivity index (χ3v) is 7.61. The fraction of sp³-hybridized carbons (Fsp3) is 0.316. The molecule has 28 heavy (non-hydrogen) atoms. The van der Waals surface area contributed by atoms with Gasteiger partial charge in [-0.05, 0) is 19.1 Å². The van der Waals surface area contributed by atoms with E-state index in [2.05, 4.69) is 4.98 Å². The standard InChI is InChI=1S/C19H17ClN2O4S2/c1-8-14-13(9(2)23)17(24)22(14)15(18(25)26)16(8)28-19-21-12(7-27-19)10-3-5-11(20)6-4-10/h3-9,13-14,23H,1-2H3,(H,25,26)/t8-,9?,13+,14+/m1/s1. The molecule has 9 heteroatoms. The number of carboxylic acids is 1. The van der Waals surface area contributed by atoms with Crippen LogP contribution in [0.15, 0.2) is 44.6 Å². The van der Waals surface area contributed by atoms with Crippen molar-refractivity contribution in [1.82, 2.24) is 9.88 Å². The SMILES string of the molecule is CC(O)[C@@H]1C(=O)N2C(C(=O)O)=C(Sc3nc(-c4ccc(Cl)cc4)cs3)[C@H](C)[C@@H]12. The number of thioether (sulfide) groups is 1. The minimum atomic E-state index is -1.14. The molecule has 1 unspecified atom stereocenters. The molecule has 0 radical (unpaired) electrons. The monoisotopic (exact) mass is 436 g/mol. The second kappa shape index (κ2) is 7.18.